The molecule has 0 aromatic carbocycles. The largest absolute Gasteiger partial charge is 0.478 e. The van der Waals surface area contributed by atoms with Gasteiger partial charge < -0.3 is 9.84 Å². The Labute approximate surface area is 95.4 Å². The third-order valence-corrected chi connectivity index (χ3v) is 1.65. The number of hydrogen-bond donors (Lipinski definition) is 1. The topological polar surface area (TPSA) is 63.6 Å². The summed E-state index contributed by atoms with van der Waals surface area (Å²) in [6.07, 6.45) is -3.60. The average Bonchev–Trinajstić information content (AvgIpc) is 2.20. The molecule has 0 heterocycles. The van der Waals surface area contributed by atoms with Crippen molar-refractivity contribution < 1.29 is 32.6 Å². The van der Waals surface area contributed by atoms with E-state index in [2.05, 4.69) is 11.3 Å². The maximum Gasteiger partial charge on any atom is 0.422 e. The summed E-state index contributed by atoms with van der Waals surface area (Å²) >= 11 is 0. The fraction of sp³-hybridized carbons (Fsp3) is 0.400. The molecule has 7 heteroatoms. The summed E-state index contributed by atoms with van der Waals surface area (Å²) in [5.41, 5.74) is -0.273. The maximum absolute atomic E-state index is 11.7. The maximum atomic E-state index is 11.7. The Balaban J connectivity index is 4.21. The molecule has 4 nitrogen and oxygen atoms in total. The first-order valence-corrected chi connectivity index (χ1v) is 4.45. The fourth-order valence-corrected chi connectivity index (χ4v) is 0.696. The van der Waals surface area contributed by atoms with E-state index in [0.717, 1.165) is 0 Å². The van der Waals surface area contributed by atoms with Crippen molar-refractivity contribution >= 4 is 11.9 Å². The van der Waals surface area contributed by atoms with Gasteiger partial charge in [-0.25, -0.2) is 9.59 Å². The van der Waals surface area contributed by atoms with E-state index < -0.39 is 24.7 Å². The van der Waals surface area contributed by atoms with E-state index in [1.54, 1.807) is 0 Å². The monoisotopic (exact) mass is 252 g/mol. The van der Waals surface area contributed by atoms with Crippen LogP contribution in [-0.2, 0) is 14.3 Å². The molecule has 17 heavy (non-hydrogen) atoms. The Hall–Kier alpha value is -1.79. The molecule has 0 amide bonds. The number of hydrogen-bond acceptors (Lipinski definition) is 3. The number of carbonyl (C=O) groups is 2. The molecule has 1 N–H and O–H groups in total. The lowest BCUT2D eigenvalue weighted by atomic mass is 10.1. The number of alkyl halides is 3. The van der Waals surface area contributed by atoms with Crippen LogP contribution in [0.4, 0.5) is 13.2 Å². The number of aliphatic carboxylic acids is 1. The third kappa shape index (κ3) is 7.15. The van der Waals surface area contributed by atoms with Gasteiger partial charge in [-0.3, -0.25) is 0 Å². The number of rotatable bonds is 5. The van der Waals surface area contributed by atoms with Crippen LogP contribution in [0.15, 0.2) is 23.8 Å². The molecule has 96 valence electrons. The second-order valence-electron chi connectivity index (χ2n) is 3.19. The van der Waals surface area contributed by atoms with E-state index in [4.69, 9.17) is 5.11 Å². The van der Waals surface area contributed by atoms with Crippen molar-refractivity contribution in [3.05, 3.63) is 23.8 Å². The molecule has 0 aromatic heterocycles. The zero-order valence-corrected chi connectivity index (χ0v) is 9.00. The third-order valence-electron chi connectivity index (χ3n) is 1.65. The van der Waals surface area contributed by atoms with Crippen LogP contribution >= 0.6 is 0 Å². The number of carbonyl (C=O) groups excluding carboxylic acids is 1. The summed E-state index contributed by atoms with van der Waals surface area (Å²) < 4.78 is 39.0. The van der Waals surface area contributed by atoms with Crippen LogP contribution in [0.3, 0.4) is 0 Å². The highest BCUT2D eigenvalue weighted by Gasteiger charge is 2.29. The average molecular weight is 252 g/mol. The summed E-state index contributed by atoms with van der Waals surface area (Å²) in [6, 6.07) is 0. The first-order chi connectivity index (χ1) is 7.63. The van der Waals surface area contributed by atoms with Crippen LogP contribution in [-0.4, -0.2) is 29.8 Å². The Kier molecular flexibility index (Phi) is 5.43. The van der Waals surface area contributed by atoms with Crippen LogP contribution in [0.1, 0.15) is 13.3 Å². The Bertz CT molecular complexity index is 355. The first-order valence-electron chi connectivity index (χ1n) is 4.45. The van der Waals surface area contributed by atoms with Crippen molar-refractivity contribution in [2.45, 2.75) is 19.5 Å². The number of carboxylic acid groups (broad SMARTS) is 1. The van der Waals surface area contributed by atoms with Gasteiger partial charge in [0, 0.05) is 11.1 Å². The number of halogens is 3. The van der Waals surface area contributed by atoms with Gasteiger partial charge in [-0.1, -0.05) is 12.7 Å². The molecular formula is C10H11F3O4. The van der Waals surface area contributed by atoms with Gasteiger partial charge in [0.25, 0.3) is 0 Å². The molecule has 0 aliphatic carbocycles. The normalized spacial score (nSPS) is 12.1. The van der Waals surface area contributed by atoms with Crippen molar-refractivity contribution in [2.75, 3.05) is 6.61 Å². The number of esters is 1. The number of ether oxygens (including phenoxy) is 1. The van der Waals surface area contributed by atoms with Gasteiger partial charge in [0.1, 0.15) is 0 Å². The van der Waals surface area contributed by atoms with Crippen molar-refractivity contribution in [1.82, 2.24) is 0 Å². The molecule has 0 aliphatic heterocycles. The lowest BCUT2D eigenvalue weighted by molar-refractivity contribution is -0.183. The second-order valence-corrected chi connectivity index (χ2v) is 3.19. The summed E-state index contributed by atoms with van der Waals surface area (Å²) in [5, 5.41) is 8.48. The lowest BCUT2D eigenvalue weighted by Crippen LogP contribution is -2.20. The Morgan fingerprint density at radius 1 is 1.41 bits per heavy atom. The predicted molar refractivity (Wildman–Crippen MR) is 52.2 cm³/mol. The summed E-state index contributed by atoms with van der Waals surface area (Å²) in [7, 11) is 0. The first kappa shape index (κ1) is 15.2. The van der Waals surface area contributed by atoms with E-state index in [1.165, 1.54) is 13.0 Å². The smallest absolute Gasteiger partial charge is 0.422 e. The fourth-order valence-electron chi connectivity index (χ4n) is 0.696. The minimum Gasteiger partial charge on any atom is -0.478 e. The van der Waals surface area contributed by atoms with Gasteiger partial charge in [0.05, 0.1) is 0 Å². The van der Waals surface area contributed by atoms with Crippen LogP contribution < -0.4 is 0 Å². The van der Waals surface area contributed by atoms with Gasteiger partial charge in [0.2, 0.25) is 0 Å². The van der Waals surface area contributed by atoms with Crippen molar-refractivity contribution in [3.8, 4) is 0 Å². The van der Waals surface area contributed by atoms with E-state index in [1.807, 2.05) is 0 Å². The molecule has 0 bridgehead atoms. The minimum absolute atomic E-state index is 0.0326. The van der Waals surface area contributed by atoms with E-state index in [0.29, 0.717) is 0 Å². The van der Waals surface area contributed by atoms with Gasteiger partial charge in [-0.15, -0.1) is 0 Å². The summed E-state index contributed by atoms with van der Waals surface area (Å²) in [5.74, 6) is -2.38. The van der Waals surface area contributed by atoms with Crippen LogP contribution in [0, 0.1) is 0 Å². The summed E-state index contributed by atoms with van der Waals surface area (Å²) in [6.45, 7) is 2.81. The lowest BCUT2D eigenvalue weighted by Gasteiger charge is -2.08. The highest BCUT2D eigenvalue weighted by atomic mass is 19.4. The standard InChI is InChI=1S/C10H11F3O4/c1-6(8(14)15)3-4-7(2)9(16)17-5-10(11,12)13/h3H,2,4-5H2,1H3,(H,14,15). The zero-order valence-electron chi connectivity index (χ0n) is 9.00. The molecule has 0 saturated heterocycles. The van der Waals surface area contributed by atoms with Gasteiger partial charge in [0.15, 0.2) is 6.61 Å². The van der Waals surface area contributed by atoms with Crippen molar-refractivity contribution in [1.29, 1.82) is 0 Å². The van der Waals surface area contributed by atoms with E-state index in [9.17, 15) is 22.8 Å². The molecule has 0 saturated carbocycles. The molecule has 0 spiro atoms. The van der Waals surface area contributed by atoms with Gasteiger partial charge in [-0.2, -0.15) is 13.2 Å². The van der Waals surface area contributed by atoms with Crippen LogP contribution in [0.25, 0.3) is 0 Å². The van der Waals surface area contributed by atoms with Crippen LogP contribution in [0.5, 0.6) is 0 Å². The van der Waals surface area contributed by atoms with Gasteiger partial charge >= 0.3 is 18.1 Å². The molecule has 0 fully saturated rings. The molecule has 0 radical (unpaired) electrons. The Morgan fingerprint density at radius 2 is 1.94 bits per heavy atom. The van der Waals surface area contributed by atoms with Crippen LogP contribution in [0.2, 0.25) is 0 Å². The highest BCUT2D eigenvalue weighted by Crippen LogP contribution is 2.16. The molecule has 0 rings (SSSR count). The Morgan fingerprint density at radius 3 is 2.35 bits per heavy atom. The minimum atomic E-state index is -4.59. The number of allylic oxidation sites excluding steroid dienone is 1. The molecule has 0 unspecified atom stereocenters. The predicted octanol–water partition coefficient (Wildman–Crippen LogP) is 2.07. The highest BCUT2D eigenvalue weighted by molar-refractivity contribution is 5.89. The van der Waals surface area contributed by atoms with Crippen molar-refractivity contribution in [3.63, 3.8) is 0 Å². The SMILES string of the molecule is C=C(CC=C(C)C(=O)O)C(=O)OCC(F)(F)F. The number of carboxylic acids is 1. The molecule has 0 aliphatic rings. The van der Waals surface area contributed by atoms with E-state index in [-0.39, 0.29) is 17.6 Å². The quantitative estimate of drug-likeness (QED) is 0.601. The zero-order chi connectivity index (χ0) is 13.6. The van der Waals surface area contributed by atoms with E-state index >= 15 is 0 Å². The van der Waals surface area contributed by atoms with Crippen molar-refractivity contribution in [2.24, 2.45) is 0 Å². The molecule has 0 aromatic rings. The second kappa shape index (κ2) is 6.07. The molecular weight excluding hydrogens is 241 g/mol. The molecule has 0 atom stereocenters. The van der Waals surface area contributed by atoms with Gasteiger partial charge in [-0.05, 0) is 13.3 Å². The summed E-state index contributed by atoms with van der Waals surface area (Å²) in [4.78, 5) is 21.3.